The van der Waals surface area contributed by atoms with Crippen LogP contribution in [0.25, 0.3) is 6.08 Å². The summed E-state index contributed by atoms with van der Waals surface area (Å²) in [5, 5.41) is 0. The number of carbonyl (C=O) groups excluding carboxylic acids is 1. The van der Waals surface area contributed by atoms with Crippen LogP contribution in [0.5, 0.6) is 5.75 Å². The number of hydrogen-bond donors (Lipinski definition) is 0. The summed E-state index contributed by atoms with van der Waals surface area (Å²) in [6, 6.07) is 7.95. The maximum Gasteiger partial charge on any atom is 0.161 e. The second-order valence-corrected chi connectivity index (χ2v) is 5.86. The first-order valence-corrected chi connectivity index (χ1v) is 7.81. The number of benzene rings is 1. The number of likely N-dealkylation sites (tertiary alicyclic amines) is 1. The molecule has 3 nitrogen and oxygen atoms in total. The molecule has 1 aromatic rings. The van der Waals surface area contributed by atoms with Crippen LogP contribution in [-0.4, -0.2) is 36.4 Å². The number of ketones is 1. The molecule has 1 aliphatic rings. The highest BCUT2D eigenvalue weighted by Crippen LogP contribution is 2.20. The van der Waals surface area contributed by atoms with Crippen molar-refractivity contribution in [3.05, 3.63) is 35.4 Å². The fourth-order valence-electron chi connectivity index (χ4n) is 2.61. The zero-order valence-corrected chi connectivity index (χ0v) is 13.3. The van der Waals surface area contributed by atoms with E-state index in [0.717, 1.165) is 42.9 Å². The first-order valence-electron chi connectivity index (χ1n) is 7.81. The summed E-state index contributed by atoms with van der Waals surface area (Å²) < 4.78 is 5.71. The molecule has 0 aromatic heterocycles. The standard InChI is InChI=1S/C18H25NO2/c1-4-9-19-10-8-18(20)16(13-19)11-15-6-5-7-17(12-15)21-14(2)3/h5-7,11-12,14H,4,8-10,13H2,1-3H3/b16-11+. The van der Waals surface area contributed by atoms with E-state index in [1.807, 2.05) is 44.2 Å². The Kier molecular flexibility index (Phi) is 5.57. The van der Waals surface area contributed by atoms with Crippen molar-refractivity contribution in [2.45, 2.75) is 39.7 Å². The maximum atomic E-state index is 12.1. The van der Waals surface area contributed by atoms with E-state index >= 15 is 0 Å². The molecule has 0 bridgehead atoms. The molecule has 3 heteroatoms. The van der Waals surface area contributed by atoms with E-state index in [1.165, 1.54) is 0 Å². The summed E-state index contributed by atoms with van der Waals surface area (Å²) in [5.74, 6) is 1.13. The van der Waals surface area contributed by atoms with Gasteiger partial charge in [-0.15, -0.1) is 0 Å². The van der Waals surface area contributed by atoms with Crippen LogP contribution >= 0.6 is 0 Å². The average Bonchev–Trinajstić information content (AvgIpc) is 2.42. The van der Waals surface area contributed by atoms with Gasteiger partial charge in [0.25, 0.3) is 0 Å². The van der Waals surface area contributed by atoms with Crippen LogP contribution in [0.4, 0.5) is 0 Å². The Morgan fingerprint density at radius 2 is 2.19 bits per heavy atom. The van der Waals surface area contributed by atoms with E-state index in [1.54, 1.807) is 0 Å². The van der Waals surface area contributed by atoms with Crippen molar-refractivity contribution >= 4 is 11.9 Å². The number of ether oxygens (including phenoxy) is 1. The SMILES string of the molecule is CCCN1CCC(=O)/C(=C/c2cccc(OC(C)C)c2)C1. The highest BCUT2D eigenvalue weighted by atomic mass is 16.5. The Labute approximate surface area is 127 Å². The van der Waals surface area contributed by atoms with Crippen molar-refractivity contribution in [1.29, 1.82) is 0 Å². The summed E-state index contributed by atoms with van der Waals surface area (Å²) in [4.78, 5) is 14.4. The summed E-state index contributed by atoms with van der Waals surface area (Å²) in [7, 11) is 0. The summed E-state index contributed by atoms with van der Waals surface area (Å²) >= 11 is 0. The molecule has 1 fully saturated rings. The normalized spacial score (nSPS) is 18.5. The first kappa shape index (κ1) is 15.8. The Hall–Kier alpha value is -1.61. The van der Waals surface area contributed by atoms with Gasteiger partial charge in [0, 0.05) is 25.1 Å². The molecule has 0 atom stereocenters. The molecular weight excluding hydrogens is 262 g/mol. The van der Waals surface area contributed by atoms with Gasteiger partial charge in [-0.1, -0.05) is 19.1 Å². The second-order valence-electron chi connectivity index (χ2n) is 5.86. The molecule has 0 radical (unpaired) electrons. The predicted molar refractivity (Wildman–Crippen MR) is 86.5 cm³/mol. The lowest BCUT2D eigenvalue weighted by atomic mass is 10.00. The van der Waals surface area contributed by atoms with Gasteiger partial charge in [0.2, 0.25) is 0 Å². The molecule has 2 rings (SSSR count). The van der Waals surface area contributed by atoms with Crippen molar-refractivity contribution in [3.63, 3.8) is 0 Å². The minimum atomic E-state index is 0.157. The zero-order valence-electron chi connectivity index (χ0n) is 13.3. The van der Waals surface area contributed by atoms with E-state index in [2.05, 4.69) is 11.8 Å². The smallest absolute Gasteiger partial charge is 0.161 e. The third-order valence-electron chi connectivity index (χ3n) is 3.52. The first-order chi connectivity index (χ1) is 10.1. The average molecular weight is 287 g/mol. The lowest BCUT2D eigenvalue weighted by Gasteiger charge is -2.27. The molecule has 1 heterocycles. The third kappa shape index (κ3) is 4.71. The Morgan fingerprint density at radius 3 is 2.90 bits per heavy atom. The molecule has 0 spiro atoms. The molecule has 21 heavy (non-hydrogen) atoms. The lowest BCUT2D eigenvalue weighted by Crippen LogP contribution is -2.36. The molecule has 1 saturated heterocycles. The molecule has 114 valence electrons. The fourth-order valence-corrected chi connectivity index (χ4v) is 2.61. The number of piperidine rings is 1. The van der Waals surface area contributed by atoms with Gasteiger partial charge in [0.05, 0.1) is 6.10 Å². The second kappa shape index (κ2) is 7.41. The van der Waals surface area contributed by atoms with E-state index in [-0.39, 0.29) is 11.9 Å². The van der Waals surface area contributed by atoms with Gasteiger partial charge in [-0.05, 0) is 50.6 Å². The summed E-state index contributed by atoms with van der Waals surface area (Å²) in [6.45, 7) is 8.91. The number of Topliss-reactive ketones (excluding diaryl/α,β-unsaturated/α-hetero) is 1. The van der Waals surface area contributed by atoms with Crippen LogP contribution in [0.15, 0.2) is 29.8 Å². The Bertz CT molecular complexity index is 520. The highest BCUT2D eigenvalue weighted by molar-refractivity contribution is 6.00. The van der Waals surface area contributed by atoms with Crippen molar-refractivity contribution in [1.82, 2.24) is 4.90 Å². The molecule has 0 unspecified atom stereocenters. The highest BCUT2D eigenvalue weighted by Gasteiger charge is 2.20. The molecule has 0 saturated carbocycles. The quantitative estimate of drug-likeness (QED) is 0.776. The minimum absolute atomic E-state index is 0.157. The molecule has 0 aliphatic carbocycles. The fraction of sp³-hybridized carbons (Fsp3) is 0.500. The Morgan fingerprint density at radius 1 is 1.38 bits per heavy atom. The van der Waals surface area contributed by atoms with Crippen molar-refractivity contribution in [2.24, 2.45) is 0 Å². The van der Waals surface area contributed by atoms with Gasteiger partial charge in [-0.25, -0.2) is 0 Å². The molecule has 0 N–H and O–H groups in total. The number of carbonyl (C=O) groups is 1. The lowest BCUT2D eigenvalue weighted by molar-refractivity contribution is -0.117. The number of rotatable bonds is 5. The molecule has 1 aromatic carbocycles. The third-order valence-corrected chi connectivity index (χ3v) is 3.52. The Balaban J connectivity index is 2.15. The van der Waals surface area contributed by atoms with Crippen LogP contribution in [0.2, 0.25) is 0 Å². The topological polar surface area (TPSA) is 29.5 Å². The van der Waals surface area contributed by atoms with Crippen LogP contribution < -0.4 is 4.74 Å². The van der Waals surface area contributed by atoms with Gasteiger partial charge in [0.15, 0.2) is 5.78 Å². The van der Waals surface area contributed by atoms with Gasteiger partial charge >= 0.3 is 0 Å². The van der Waals surface area contributed by atoms with E-state index in [0.29, 0.717) is 6.42 Å². The van der Waals surface area contributed by atoms with Gasteiger partial charge < -0.3 is 4.74 Å². The van der Waals surface area contributed by atoms with Crippen LogP contribution in [0.1, 0.15) is 39.2 Å². The number of hydrogen-bond acceptors (Lipinski definition) is 3. The largest absolute Gasteiger partial charge is 0.491 e. The van der Waals surface area contributed by atoms with Gasteiger partial charge in [-0.2, -0.15) is 0 Å². The maximum absolute atomic E-state index is 12.1. The molecule has 1 aliphatic heterocycles. The monoisotopic (exact) mass is 287 g/mol. The van der Waals surface area contributed by atoms with Crippen molar-refractivity contribution in [3.8, 4) is 5.75 Å². The number of nitrogens with zero attached hydrogens (tertiary/aromatic N) is 1. The van der Waals surface area contributed by atoms with Gasteiger partial charge in [0.1, 0.15) is 5.75 Å². The van der Waals surface area contributed by atoms with E-state index < -0.39 is 0 Å². The van der Waals surface area contributed by atoms with Crippen LogP contribution in [0.3, 0.4) is 0 Å². The van der Waals surface area contributed by atoms with Crippen LogP contribution in [0, 0.1) is 0 Å². The minimum Gasteiger partial charge on any atom is -0.491 e. The summed E-state index contributed by atoms with van der Waals surface area (Å²) in [5.41, 5.74) is 1.95. The zero-order chi connectivity index (χ0) is 15.2. The van der Waals surface area contributed by atoms with Crippen molar-refractivity contribution < 1.29 is 9.53 Å². The predicted octanol–water partition coefficient (Wildman–Crippen LogP) is 3.54. The van der Waals surface area contributed by atoms with Crippen LogP contribution in [-0.2, 0) is 4.79 Å². The molecular formula is C18H25NO2. The molecule has 0 amide bonds. The van der Waals surface area contributed by atoms with Gasteiger partial charge in [-0.3, -0.25) is 9.69 Å². The summed E-state index contributed by atoms with van der Waals surface area (Å²) in [6.07, 6.45) is 3.93. The van der Waals surface area contributed by atoms with E-state index in [4.69, 9.17) is 4.74 Å². The van der Waals surface area contributed by atoms with E-state index in [9.17, 15) is 4.79 Å². The van der Waals surface area contributed by atoms with Crippen molar-refractivity contribution in [2.75, 3.05) is 19.6 Å².